The first kappa shape index (κ1) is 19.8. The quantitative estimate of drug-likeness (QED) is 0.431. The number of benzene rings is 2. The number of nitro groups is 1. The summed E-state index contributed by atoms with van der Waals surface area (Å²) in [6.07, 6.45) is 5.08. The van der Waals surface area contributed by atoms with E-state index in [4.69, 9.17) is 16.3 Å². The SMILES string of the molecule is O=C(OC1CCCCC1)c1ccc(NC(=O)c2cc([N+](=O)[O-])ccc2Cl)cc1. The van der Waals surface area contributed by atoms with E-state index >= 15 is 0 Å². The van der Waals surface area contributed by atoms with Crippen LogP contribution in [0.15, 0.2) is 42.5 Å². The molecule has 3 rings (SSSR count). The molecule has 1 amide bonds. The van der Waals surface area contributed by atoms with Crippen LogP contribution in [-0.4, -0.2) is 22.9 Å². The molecule has 28 heavy (non-hydrogen) atoms. The third-order valence-electron chi connectivity index (χ3n) is 4.61. The van der Waals surface area contributed by atoms with Gasteiger partial charge in [0.15, 0.2) is 0 Å². The van der Waals surface area contributed by atoms with Crippen molar-refractivity contribution in [3.05, 3.63) is 68.7 Å². The van der Waals surface area contributed by atoms with Gasteiger partial charge in [-0.1, -0.05) is 18.0 Å². The summed E-state index contributed by atoms with van der Waals surface area (Å²) in [5.74, 6) is -0.960. The van der Waals surface area contributed by atoms with E-state index in [1.54, 1.807) is 24.3 Å². The molecule has 0 aromatic heterocycles. The Hall–Kier alpha value is -2.93. The lowest BCUT2D eigenvalue weighted by Crippen LogP contribution is -2.21. The van der Waals surface area contributed by atoms with Crippen LogP contribution in [0.3, 0.4) is 0 Å². The molecular weight excluding hydrogens is 384 g/mol. The van der Waals surface area contributed by atoms with Crippen molar-refractivity contribution in [1.29, 1.82) is 0 Å². The Morgan fingerprint density at radius 3 is 2.39 bits per heavy atom. The van der Waals surface area contributed by atoms with Gasteiger partial charge >= 0.3 is 5.97 Å². The summed E-state index contributed by atoms with van der Waals surface area (Å²) >= 11 is 5.98. The fourth-order valence-corrected chi connectivity index (χ4v) is 3.29. The number of nitrogens with one attached hydrogen (secondary N) is 1. The first-order valence-corrected chi connectivity index (χ1v) is 9.38. The molecule has 1 saturated carbocycles. The van der Waals surface area contributed by atoms with Gasteiger partial charge in [-0.15, -0.1) is 0 Å². The molecule has 0 saturated heterocycles. The number of nitro benzene ring substituents is 1. The minimum Gasteiger partial charge on any atom is -0.459 e. The molecule has 146 valence electrons. The number of esters is 1. The van der Waals surface area contributed by atoms with Gasteiger partial charge in [0.25, 0.3) is 11.6 Å². The molecule has 0 unspecified atom stereocenters. The molecule has 0 aliphatic heterocycles. The number of halogens is 1. The topological polar surface area (TPSA) is 98.5 Å². The Kier molecular flexibility index (Phi) is 6.26. The van der Waals surface area contributed by atoms with Crippen molar-refractivity contribution in [2.75, 3.05) is 5.32 Å². The lowest BCUT2D eigenvalue weighted by atomic mass is 9.98. The van der Waals surface area contributed by atoms with Crippen LogP contribution in [0.4, 0.5) is 11.4 Å². The molecule has 0 heterocycles. The number of carbonyl (C=O) groups is 2. The highest BCUT2D eigenvalue weighted by Crippen LogP contribution is 2.24. The van der Waals surface area contributed by atoms with E-state index in [1.165, 1.54) is 18.6 Å². The van der Waals surface area contributed by atoms with E-state index in [-0.39, 0.29) is 28.3 Å². The lowest BCUT2D eigenvalue weighted by Gasteiger charge is -2.21. The van der Waals surface area contributed by atoms with Crippen molar-refractivity contribution in [1.82, 2.24) is 0 Å². The summed E-state index contributed by atoms with van der Waals surface area (Å²) in [4.78, 5) is 34.9. The average Bonchev–Trinajstić information content (AvgIpc) is 2.69. The Morgan fingerprint density at radius 1 is 1.07 bits per heavy atom. The van der Waals surface area contributed by atoms with Crippen molar-refractivity contribution in [2.24, 2.45) is 0 Å². The van der Waals surface area contributed by atoms with Crippen LogP contribution in [0, 0.1) is 10.1 Å². The van der Waals surface area contributed by atoms with Gasteiger partial charge in [-0.2, -0.15) is 0 Å². The van der Waals surface area contributed by atoms with Crippen LogP contribution in [0.25, 0.3) is 0 Å². The Balaban J connectivity index is 1.65. The first-order chi connectivity index (χ1) is 13.4. The largest absolute Gasteiger partial charge is 0.459 e. The van der Waals surface area contributed by atoms with Crippen molar-refractivity contribution in [3.8, 4) is 0 Å². The van der Waals surface area contributed by atoms with Crippen LogP contribution in [0.1, 0.15) is 52.8 Å². The number of hydrogen-bond donors (Lipinski definition) is 1. The molecule has 2 aromatic rings. The number of hydrogen-bond acceptors (Lipinski definition) is 5. The zero-order chi connectivity index (χ0) is 20.1. The van der Waals surface area contributed by atoms with Crippen molar-refractivity contribution >= 4 is 34.9 Å². The molecule has 0 atom stereocenters. The van der Waals surface area contributed by atoms with E-state index in [0.29, 0.717) is 11.3 Å². The van der Waals surface area contributed by atoms with E-state index in [9.17, 15) is 19.7 Å². The Labute approximate surface area is 166 Å². The lowest BCUT2D eigenvalue weighted by molar-refractivity contribution is -0.384. The molecule has 1 aliphatic rings. The smallest absolute Gasteiger partial charge is 0.338 e. The number of non-ortho nitro benzene ring substituents is 1. The third kappa shape index (κ3) is 4.86. The number of anilines is 1. The average molecular weight is 403 g/mol. The normalized spacial score (nSPS) is 14.3. The Bertz CT molecular complexity index is 892. The third-order valence-corrected chi connectivity index (χ3v) is 4.94. The summed E-state index contributed by atoms with van der Waals surface area (Å²) in [7, 11) is 0. The van der Waals surface area contributed by atoms with Crippen LogP contribution < -0.4 is 5.32 Å². The maximum absolute atomic E-state index is 12.4. The molecule has 1 aliphatic carbocycles. The maximum atomic E-state index is 12.4. The predicted octanol–water partition coefficient (Wildman–Crippen LogP) is 4.99. The van der Waals surface area contributed by atoms with Crippen molar-refractivity contribution in [3.63, 3.8) is 0 Å². The number of carbonyl (C=O) groups excluding carboxylic acids is 2. The molecule has 7 nitrogen and oxygen atoms in total. The standard InChI is InChI=1S/C20H19ClN2O5/c21-18-11-10-15(23(26)27)12-17(18)19(24)22-14-8-6-13(7-9-14)20(25)28-16-4-2-1-3-5-16/h6-12,16H,1-5H2,(H,22,24). The van der Waals surface area contributed by atoms with E-state index in [0.717, 1.165) is 31.7 Å². The summed E-state index contributed by atoms with van der Waals surface area (Å²) in [6.45, 7) is 0. The molecule has 0 spiro atoms. The summed E-state index contributed by atoms with van der Waals surface area (Å²) in [6, 6.07) is 9.92. The number of amides is 1. The van der Waals surface area contributed by atoms with Crippen LogP contribution in [-0.2, 0) is 4.74 Å². The molecule has 1 fully saturated rings. The Morgan fingerprint density at radius 2 is 1.75 bits per heavy atom. The second kappa shape index (κ2) is 8.84. The highest BCUT2D eigenvalue weighted by molar-refractivity contribution is 6.34. The minimum atomic E-state index is -0.597. The zero-order valence-corrected chi connectivity index (χ0v) is 15.8. The van der Waals surface area contributed by atoms with Crippen LogP contribution in [0.5, 0.6) is 0 Å². The van der Waals surface area contributed by atoms with Gasteiger partial charge in [-0.05, 0) is 56.0 Å². The molecular formula is C20H19ClN2O5. The van der Waals surface area contributed by atoms with Gasteiger partial charge in [0.05, 0.1) is 21.1 Å². The van der Waals surface area contributed by atoms with E-state index in [1.807, 2.05) is 0 Å². The molecule has 1 N–H and O–H groups in total. The molecule has 0 radical (unpaired) electrons. The fraction of sp³-hybridized carbons (Fsp3) is 0.300. The van der Waals surface area contributed by atoms with E-state index < -0.39 is 10.8 Å². The van der Waals surface area contributed by atoms with Gasteiger partial charge in [0.1, 0.15) is 6.10 Å². The van der Waals surface area contributed by atoms with E-state index in [2.05, 4.69) is 5.32 Å². The number of rotatable bonds is 5. The summed E-state index contributed by atoms with van der Waals surface area (Å²) < 4.78 is 5.51. The van der Waals surface area contributed by atoms with Gasteiger partial charge in [0.2, 0.25) is 0 Å². The second-order valence-electron chi connectivity index (χ2n) is 6.62. The van der Waals surface area contributed by atoms with Gasteiger partial charge in [-0.25, -0.2) is 4.79 Å². The molecule has 8 heteroatoms. The second-order valence-corrected chi connectivity index (χ2v) is 7.03. The van der Waals surface area contributed by atoms with Crippen molar-refractivity contribution in [2.45, 2.75) is 38.2 Å². The monoisotopic (exact) mass is 402 g/mol. The van der Waals surface area contributed by atoms with Crippen molar-refractivity contribution < 1.29 is 19.2 Å². The van der Waals surface area contributed by atoms with Gasteiger partial charge in [-0.3, -0.25) is 14.9 Å². The maximum Gasteiger partial charge on any atom is 0.338 e. The zero-order valence-electron chi connectivity index (χ0n) is 15.0. The highest BCUT2D eigenvalue weighted by atomic mass is 35.5. The first-order valence-electron chi connectivity index (χ1n) is 9.00. The molecule has 0 bridgehead atoms. The van der Waals surface area contributed by atoms with Gasteiger partial charge in [0, 0.05) is 17.8 Å². The minimum absolute atomic E-state index is 0.00310. The number of ether oxygens (including phenoxy) is 1. The summed E-state index contributed by atoms with van der Waals surface area (Å²) in [5.41, 5.74) is 0.603. The predicted molar refractivity (Wildman–Crippen MR) is 105 cm³/mol. The molecule has 2 aromatic carbocycles. The summed E-state index contributed by atoms with van der Waals surface area (Å²) in [5, 5.41) is 13.6. The highest BCUT2D eigenvalue weighted by Gasteiger charge is 2.19. The van der Waals surface area contributed by atoms with Gasteiger partial charge < -0.3 is 10.1 Å². The number of nitrogens with zero attached hydrogens (tertiary/aromatic N) is 1. The van der Waals surface area contributed by atoms with Crippen LogP contribution >= 0.6 is 11.6 Å². The fourth-order valence-electron chi connectivity index (χ4n) is 3.09. The van der Waals surface area contributed by atoms with Crippen LogP contribution in [0.2, 0.25) is 5.02 Å².